The highest BCUT2D eigenvalue weighted by Crippen LogP contribution is 2.23. The van der Waals surface area contributed by atoms with Crippen LogP contribution in [0.25, 0.3) is 0 Å². The minimum Gasteiger partial charge on any atom is -0.215 e. The van der Waals surface area contributed by atoms with Crippen LogP contribution in [-0.2, 0) is 16.4 Å². The number of nitrogens with one attached hydrogen (secondary N) is 1. The Balaban J connectivity index is 2.44. The fraction of sp³-hybridized carbons (Fsp3) is 0.556. The maximum atomic E-state index is 12.6. The largest absolute Gasteiger partial charge is 0.260 e. The van der Waals surface area contributed by atoms with E-state index in [1.807, 2.05) is 11.4 Å². The molecule has 1 aromatic rings. The van der Waals surface area contributed by atoms with E-state index >= 15 is 0 Å². The third-order valence-electron chi connectivity index (χ3n) is 1.85. The van der Waals surface area contributed by atoms with Crippen molar-refractivity contribution in [2.75, 3.05) is 12.3 Å². The molecule has 98 valence electrons. The SMILES string of the molecule is CC(F)(F)CS(=O)(=O)NCCc1ccsc1Br. The van der Waals surface area contributed by atoms with Gasteiger partial charge in [0.25, 0.3) is 5.92 Å². The molecule has 0 unspecified atom stereocenters. The van der Waals surface area contributed by atoms with E-state index in [9.17, 15) is 17.2 Å². The van der Waals surface area contributed by atoms with Crippen LogP contribution >= 0.6 is 27.3 Å². The number of alkyl halides is 2. The Bertz CT molecular complexity index is 468. The third kappa shape index (κ3) is 5.89. The van der Waals surface area contributed by atoms with E-state index in [0.29, 0.717) is 13.3 Å². The molecule has 0 aliphatic heterocycles. The Kier molecular flexibility index (Phi) is 5.06. The summed E-state index contributed by atoms with van der Waals surface area (Å²) in [5.41, 5.74) is 0.959. The topological polar surface area (TPSA) is 46.2 Å². The van der Waals surface area contributed by atoms with Gasteiger partial charge < -0.3 is 0 Å². The maximum absolute atomic E-state index is 12.6. The van der Waals surface area contributed by atoms with Gasteiger partial charge in [0.2, 0.25) is 10.0 Å². The molecule has 0 bridgehead atoms. The summed E-state index contributed by atoms with van der Waals surface area (Å²) < 4.78 is 50.7. The lowest BCUT2D eigenvalue weighted by molar-refractivity contribution is 0.0471. The molecule has 0 spiro atoms. The first-order valence-corrected chi connectivity index (χ1v) is 8.09. The van der Waals surface area contributed by atoms with Gasteiger partial charge in [0.15, 0.2) is 0 Å². The molecule has 0 amide bonds. The molecule has 0 saturated carbocycles. The molecular weight excluding hydrogens is 336 g/mol. The highest BCUT2D eigenvalue weighted by atomic mass is 79.9. The van der Waals surface area contributed by atoms with Gasteiger partial charge in [-0.15, -0.1) is 11.3 Å². The van der Waals surface area contributed by atoms with Crippen LogP contribution in [-0.4, -0.2) is 26.6 Å². The Labute approximate surface area is 111 Å². The predicted molar refractivity (Wildman–Crippen MR) is 68.1 cm³/mol. The van der Waals surface area contributed by atoms with Crippen molar-refractivity contribution >= 4 is 37.3 Å². The predicted octanol–water partition coefficient (Wildman–Crippen LogP) is 2.63. The van der Waals surface area contributed by atoms with Crippen LogP contribution in [0.3, 0.4) is 0 Å². The molecule has 1 aromatic heterocycles. The quantitative estimate of drug-likeness (QED) is 0.859. The highest BCUT2D eigenvalue weighted by molar-refractivity contribution is 9.11. The second-order valence-corrected chi connectivity index (χ2v) is 7.73. The summed E-state index contributed by atoms with van der Waals surface area (Å²) in [5.74, 6) is -4.39. The average molecular weight is 348 g/mol. The van der Waals surface area contributed by atoms with Crippen LogP contribution in [0.4, 0.5) is 8.78 Å². The third-order valence-corrected chi connectivity index (χ3v) is 5.20. The molecule has 0 atom stereocenters. The van der Waals surface area contributed by atoms with Gasteiger partial charge in [-0.1, -0.05) is 0 Å². The molecule has 8 heteroatoms. The molecule has 0 aromatic carbocycles. The first kappa shape index (κ1) is 15.0. The standard InChI is InChI=1S/C9H12BrF2NO2S2/c1-9(11,12)6-17(14,15)13-4-2-7-3-5-16-8(7)10/h3,5,13H,2,4,6H2,1H3. The summed E-state index contributed by atoms with van der Waals surface area (Å²) in [7, 11) is -3.92. The lowest BCUT2D eigenvalue weighted by Gasteiger charge is -2.11. The smallest absolute Gasteiger partial charge is 0.215 e. The number of hydrogen-bond acceptors (Lipinski definition) is 3. The van der Waals surface area contributed by atoms with E-state index in [-0.39, 0.29) is 6.54 Å². The molecule has 1 rings (SSSR count). The van der Waals surface area contributed by atoms with Crippen LogP contribution in [0.15, 0.2) is 15.2 Å². The Morgan fingerprint density at radius 3 is 2.65 bits per heavy atom. The molecule has 0 aliphatic carbocycles. The monoisotopic (exact) mass is 347 g/mol. The second-order valence-electron chi connectivity index (χ2n) is 3.69. The minimum absolute atomic E-state index is 0.119. The molecule has 1 heterocycles. The molecule has 0 fully saturated rings. The number of thiophene rings is 1. The van der Waals surface area contributed by atoms with Gasteiger partial charge in [0.1, 0.15) is 5.75 Å². The number of rotatable bonds is 6. The van der Waals surface area contributed by atoms with E-state index in [1.54, 1.807) is 0 Å². The Hall–Kier alpha value is -0.0500. The van der Waals surface area contributed by atoms with Gasteiger partial charge >= 0.3 is 0 Å². The van der Waals surface area contributed by atoms with Crippen LogP contribution in [0.1, 0.15) is 12.5 Å². The van der Waals surface area contributed by atoms with Crippen molar-refractivity contribution in [3.8, 4) is 0 Å². The zero-order valence-corrected chi connectivity index (χ0v) is 12.3. The zero-order valence-electron chi connectivity index (χ0n) is 9.04. The minimum atomic E-state index is -3.92. The van der Waals surface area contributed by atoms with Crippen molar-refractivity contribution in [1.82, 2.24) is 4.72 Å². The average Bonchev–Trinajstić information content (AvgIpc) is 2.47. The van der Waals surface area contributed by atoms with Crippen LogP contribution in [0.5, 0.6) is 0 Å². The highest BCUT2D eigenvalue weighted by Gasteiger charge is 2.29. The van der Waals surface area contributed by atoms with Gasteiger partial charge in [-0.05, 0) is 39.4 Å². The fourth-order valence-corrected chi connectivity index (χ4v) is 3.73. The van der Waals surface area contributed by atoms with Gasteiger partial charge in [-0.25, -0.2) is 21.9 Å². The van der Waals surface area contributed by atoms with E-state index in [1.165, 1.54) is 11.3 Å². The van der Waals surface area contributed by atoms with E-state index in [4.69, 9.17) is 0 Å². The van der Waals surface area contributed by atoms with Crippen molar-refractivity contribution in [1.29, 1.82) is 0 Å². The maximum Gasteiger partial charge on any atom is 0.260 e. The first-order valence-electron chi connectivity index (χ1n) is 4.77. The molecule has 0 radical (unpaired) electrons. The first-order chi connectivity index (χ1) is 7.70. The molecule has 0 saturated heterocycles. The summed E-state index contributed by atoms with van der Waals surface area (Å²) in [5, 5.41) is 1.87. The number of hydrogen-bond donors (Lipinski definition) is 1. The van der Waals surface area contributed by atoms with Crippen molar-refractivity contribution in [2.45, 2.75) is 19.3 Å². The summed E-state index contributed by atoms with van der Waals surface area (Å²) >= 11 is 4.81. The molecular formula is C9H12BrF2NO2S2. The van der Waals surface area contributed by atoms with E-state index < -0.39 is 21.7 Å². The van der Waals surface area contributed by atoms with Crippen LogP contribution in [0, 0.1) is 0 Å². The van der Waals surface area contributed by atoms with E-state index in [2.05, 4.69) is 20.7 Å². The van der Waals surface area contributed by atoms with Gasteiger partial charge in [0, 0.05) is 13.5 Å². The fourth-order valence-electron chi connectivity index (χ4n) is 1.22. The van der Waals surface area contributed by atoms with E-state index in [0.717, 1.165) is 9.35 Å². The van der Waals surface area contributed by atoms with Crippen LogP contribution < -0.4 is 4.72 Å². The number of sulfonamides is 1. The summed E-state index contributed by atoms with van der Waals surface area (Å²) in [4.78, 5) is 0. The van der Waals surface area contributed by atoms with Crippen molar-refractivity contribution in [3.63, 3.8) is 0 Å². The second kappa shape index (κ2) is 5.73. The van der Waals surface area contributed by atoms with Crippen LogP contribution in [0.2, 0.25) is 0 Å². The molecule has 0 aliphatic rings. The summed E-state index contributed by atoms with van der Waals surface area (Å²) in [6.45, 7) is 0.704. The van der Waals surface area contributed by atoms with Gasteiger partial charge in [-0.2, -0.15) is 0 Å². The van der Waals surface area contributed by atoms with Gasteiger partial charge in [-0.3, -0.25) is 0 Å². The summed E-state index contributed by atoms with van der Waals surface area (Å²) in [6, 6.07) is 1.86. The summed E-state index contributed by atoms with van der Waals surface area (Å²) in [6.07, 6.45) is 0.471. The zero-order chi connectivity index (χ0) is 13.1. The molecule has 17 heavy (non-hydrogen) atoms. The number of halogens is 3. The normalized spacial score (nSPS) is 12.9. The molecule has 3 nitrogen and oxygen atoms in total. The van der Waals surface area contributed by atoms with Crippen molar-refractivity contribution < 1.29 is 17.2 Å². The lowest BCUT2D eigenvalue weighted by Crippen LogP contribution is -2.35. The van der Waals surface area contributed by atoms with Gasteiger partial charge in [0.05, 0.1) is 3.79 Å². The Morgan fingerprint density at radius 2 is 2.18 bits per heavy atom. The lowest BCUT2D eigenvalue weighted by atomic mass is 10.2. The Morgan fingerprint density at radius 1 is 1.53 bits per heavy atom. The molecule has 1 N–H and O–H groups in total. The van der Waals surface area contributed by atoms with Crippen molar-refractivity contribution in [2.24, 2.45) is 0 Å². The van der Waals surface area contributed by atoms with Crippen molar-refractivity contribution in [3.05, 3.63) is 20.8 Å².